The Kier molecular flexibility index (Phi) is 8.90. The fraction of sp³-hybridized carbons (Fsp3) is 0.750. The Hall–Kier alpha value is -1.01. The van der Waals surface area contributed by atoms with Gasteiger partial charge in [0.2, 0.25) is 0 Å². The Morgan fingerprint density at radius 2 is 2.13 bits per heavy atom. The lowest BCUT2D eigenvalue weighted by molar-refractivity contribution is -0.143. The van der Waals surface area contributed by atoms with Crippen molar-refractivity contribution in [2.24, 2.45) is 0 Å². The van der Waals surface area contributed by atoms with Crippen LogP contribution in [-0.4, -0.2) is 23.8 Å². The first-order chi connectivity index (χ1) is 7.20. The van der Waals surface area contributed by atoms with Gasteiger partial charge in [-0.3, -0.25) is 0 Å². The van der Waals surface area contributed by atoms with Gasteiger partial charge in [0.1, 0.15) is 12.7 Å². The van der Waals surface area contributed by atoms with Crippen LogP contribution in [0.4, 0.5) is 0 Å². The molecule has 0 radical (unpaired) electrons. The summed E-state index contributed by atoms with van der Waals surface area (Å²) in [5, 5.41) is 8.47. The molecule has 0 saturated carbocycles. The van der Waals surface area contributed by atoms with E-state index >= 15 is 0 Å². The number of aliphatic carboxylic acids is 1. The fourth-order valence-corrected chi connectivity index (χ4v) is 1.29. The van der Waals surface area contributed by atoms with Crippen LogP contribution in [0, 0.1) is 11.8 Å². The van der Waals surface area contributed by atoms with Crippen LogP contribution in [0.5, 0.6) is 0 Å². The monoisotopic (exact) mass is 212 g/mol. The Morgan fingerprint density at radius 3 is 2.67 bits per heavy atom. The van der Waals surface area contributed by atoms with E-state index in [0.29, 0.717) is 0 Å². The van der Waals surface area contributed by atoms with Gasteiger partial charge in [-0.1, -0.05) is 32.1 Å². The van der Waals surface area contributed by atoms with E-state index in [1.165, 1.54) is 12.8 Å². The normalized spacial score (nSPS) is 11.6. The molecule has 0 rings (SSSR count). The lowest BCUT2D eigenvalue weighted by Gasteiger charge is -2.10. The van der Waals surface area contributed by atoms with Crippen LogP contribution in [0.2, 0.25) is 0 Å². The van der Waals surface area contributed by atoms with Gasteiger partial charge < -0.3 is 9.84 Å². The maximum absolute atomic E-state index is 10.3. The summed E-state index contributed by atoms with van der Waals surface area (Å²) in [6.45, 7) is 3.64. The van der Waals surface area contributed by atoms with Gasteiger partial charge in [0.05, 0.1) is 0 Å². The first-order valence-corrected chi connectivity index (χ1v) is 5.46. The number of unbranched alkanes of at least 4 members (excludes halogenated alkanes) is 3. The largest absolute Gasteiger partial charge is 0.480 e. The van der Waals surface area contributed by atoms with Crippen molar-refractivity contribution in [3.63, 3.8) is 0 Å². The second-order valence-corrected chi connectivity index (χ2v) is 3.44. The number of ether oxygens (including phenoxy) is 1. The predicted molar refractivity (Wildman–Crippen MR) is 59.6 cm³/mol. The summed E-state index contributed by atoms with van der Waals surface area (Å²) in [7, 11) is 0. The minimum atomic E-state index is -0.938. The molecule has 0 amide bonds. The number of hydrogen-bond acceptors (Lipinski definition) is 2. The van der Waals surface area contributed by atoms with Gasteiger partial charge in [-0.05, 0) is 19.8 Å². The highest BCUT2D eigenvalue weighted by Gasteiger charge is 2.07. The number of rotatable bonds is 8. The van der Waals surface area contributed by atoms with E-state index in [4.69, 9.17) is 9.84 Å². The average Bonchev–Trinajstić information content (AvgIpc) is 2.20. The van der Waals surface area contributed by atoms with E-state index < -0.39 is 5.97 Å². The highest BCUT2D eigenvalue weighted by Crippen LogP contribution is 2.07. The van der Waals surface area contributed by atoms with Crippen molar-refractivity contribution in [2.75, 3.05) is 6.61 Å². The minimum Gasteiger partial charge on any atom is -0.480 e. The first-order valence-electron chi connectivity index (χ1n) is 5.46. The number of hydrogen-bond donors (Lipinski definition) is 1. The molecule has 0 spiro atoms. The van der Waals surface area contributed by atoms with Gasteiger partial charge in [0, 0.05) is 0 Å². The van der Waals surface area contributed by atoms with Crippen molar-refractivity contribution >= 4 is 5.97 Å². The molecule has 0 bridgehead atoms. The third-order valence-corrected chi connectivity index (χ3v) is 2.03. The molecule has 86 valence electrons. The summed E-state index contributed by atoms with van der Waals surface area (Å²) in [5.41, 5.74) is 0. The summed E-state index contributed by atoms with van der Waals surface area (Å²) >= 11 is 0. The second-order valence-electron chi connectivity index (χ2n) is 3.44. The Labute approximate surface area is 91.8 Å². The van der Waals surface area contributed by atoms with Crippen LogP contribution in [-0.2, 0) is 9.53 Å². The van der Waals surface area contributed by atoms with Gasteiger partial charge in [-0.2, -0.15) is 0 Å². The molecule has 1 atom stereocenters. The van der Waals surface area contributed by atoms with E-state index in [0.717, 1.165) is 19.3 Å². The highest BCUT2D eigenvalue weighted by atomic mass is 16.5. The lowest BCUT2D eigenvalue weighted by Crippen LogP contribution is -2.16. The molecular formula is C12H20O3. The van der Waals surface area contributed by atoms with Crippen LogP contribution >= 0.6 is 0 Å². The fourth-order valence-electron chi connectivity index (χ4n) is 1.29. The van der Waals surface area contributed by atoms with E-state index in [-0.39, 0.29) is 12.7 Å². The Morgan fingerprint density at radius 1 is 1.40 bits per heavy atom. The number of carboxylic acid groups (broad SMARTS) is 1. The van der Waals surface area contributed by atoms with E-state index in [2.05, 4.69) is 18.8 Å². The van der Waals surface area contributed by atoms with Crippen molar-refractivity contribution in [1.29, 1.82) is 0 Å². The van der Waals surface area contributed by atoms with Gasteiger partial charge in [0.15, 0.2) is 0 Å². The highest BCUT2D eigenvalue weighted by molar-refractivity contribution is 5.68. The molecule has 0 unspecified atom stereocenters. The van der Waals surface area contributed by atoms with Crippen LogP contribution < -0.4 is 0 Å². The molecule has 1 N–H and O–H groups in total. The molecule has 0 aliphatic rings. The molecule has 15 heavy (non-hydrogen) atoms. The lowest BCUT2D eigenvalue weighted by atomic mass is 10.1. The zero-order valence-electron chi connectivity index (χ0n) is 9.58. The molecule has 3 nitrogen and oxygen atoms in total. The molecule has 0 aromatic carbocycles. The zero-order chi connectivity index (χ0) is 11.5. The number of carbonyl (C=O) groups is 1. The summed E-state index contributed by atoms with van der Waals surface area (Å²) in [5.74, 6) is 4.71. The molecule has 0 saturated heterocycles. The maximum Gasteiger partial charge on any atom is 0.329 e. The van der Waals surface area contributed by atoms with Gasteiger partial charge >= 0.3 is 5.97 Å². The van der Waals surface area contributed by atoms with Gasteiger partial charge in [-0.15, -0.1) is 5.92 Å². The summed E-state index contributed by atoms with van der Waals surface area (Å²) < 4.78 is 5.15. The van der Waals surface area contributed by atoms with Crippen molar-refractivity contribution in [3.8, 4) is 11.8 Å². The Balaban J connectivity index is 3.71. The standard InChI is InChI=1S/C12H20O3/c1-3-5-6-7-9-11(8-4-2)15-10-12(13)14/h11H,3,5-7,9-10H2,1-2H3,(H,13,14)/t11-/m0/s1. The summed E-state index contributed by atoms with van der Waals surface area (Å²) in [4.78, 5) is 10.3. The molecule has 0 heterocycles. The minimum absolute atomic E-state index is 0.219. The van der Waals surface area contributed by atoms with Crippen LogP contribution in [0.3, 0.4) is 0 Å². The number of carboxylic acids is 1. The SMILES string of the molecule is CC#C[C@@H](CCCCCC)OCC(=O)O. The molecule has 0 aliphatic heterocycles. The van der Waals surface area contributed by atoms with Crippen molar-refractivity contribution in [3.05, 3.63) is 0 Å². The zero-order valence-corrected chi connectivity index (χ0v) is 9.58. The van der Waals surface area contributed by atoms with Crippen LogP contribution in [0.25, 0.3) is 0 Å². The summed E-state index contributed by atoms with van der Waals surface area (Å²) in [6.07, 6.45) is 5.23. The third kappa shape index (κ3) is 9.30. The van der Waals surface area contributed by atoms with Crippen molar-refractivity contribution in [1.82, 2.24) is 0 Å². The topological polar surface area (TPSA) is 46.5 Å². The quantitative estimate of drug-likeness (QED) is 0.496. The van der Waals surface area contributed by atoms with Gasteiger partial charge in [-0.25, -0.2) is 4.79 Å². The molecular weight excluding hydrogens is 192 g/mol. The van der Waals surface area contributed by atoms with Crippen LogP contribution in [0.1, 0.15) is 46.0 Å². The molecule has 0 aromatic heterocycles. The first kappa shape index (κ1) is 14.0. The van der Waals surface area contributed by atoms with Crippen molar-refractivity contribution in [2.45, 2.75) is 52.1 Å². The second kappa shape index (κ2) is 9.54. The molecule has 0 aliphatic carbocycles. The van der Waals surface area contributed by atoms with E-state index in [9.17, 15) is 4.79 Å². The van der Waals surface area contributed by atoms with Crippen LogP contribution in [0.15, 0.2) is 0 Å². The smallest absolute Gasteiger partial charge is 0.329 e. The molecule has 0 aromatic rings. The Bertz CT molecular complexity index is 225. The van der Waals surface area contributed by atoms with E-state index in [1.54, 1.807) is 6.92 Å². The molecule has 0 fully saturated rings. The third-order valence-electron chi connectivity index (χ3n) is 2.03. The average molecular weight is 212 g/mol. The summed E-state index contributed by atoms with van der Waals surface area (Å²) in [6, 6.07) is 0. The molecule has 3 heteroatoms. The van der Waals surface area contributed by atoms with E-state index in [1.807, 2.05) is 0 Å². The predicted octanol–water partition coefficient (Wildman–Crippen LogP) is 2.45. The maximum atomic E-state index is 10.3. The van der Waals surface area contributed by atoms with Gasteiger partial charge in [0.25, 0.3) is 0 Å². The van der Waals surface area contributed by atoms with Crippen molar-refractivity contribution < 1.29 is 14.6 Å².